The first-order chi connectivity index (χ1) is 12.5. The minimum atomic E-state index is -0.119. The van der Waals surface area contributed by atoms with Crippen LogP contribution in [0.25, 0.3) is 22.0 Å². The number of anilines is 1. The lowest BCUT2D eigenvalue weighted by atomic mass is 10.0. The van der Waals surface area contributed by atoms with Crippen molar-refractivity contribution in [1.29, 1.82) is 0 Å². The van der Waals surface area contributed by atoms with Crippen LogP contribution < -0.4 is 10.7 Å². The molecule has 1 N–H and O–H groups in total. The van der Waals surface area contributed by atoms with Gasteiger partial charge in [0.15, 0.2) is 5.43 Å². The molecule has 3 rings (SSSR count). The standard InChI is InChI=1S/C21H21ClN2O2/c1-3-4-12-18(25)23-21-19(14-8-7-9-15(22)13-14)20(26)16-10-5-6-11-17(16)24(21)2/h5-11,13H,3-4,12H2,1-2H3,(H,23,25). The zero-order chi connectivity index (χ0) is 18.7. The SMILES string of the molecule is CCCCC(=O)Nc1c(-c2cccc(Cl)c2)c(=O)c2ccccc2n1C. The third kappa shape index (κ3) is 3.51. The molecule has 4 nitrogen and oxygen atoms in total. The number of fused-ring (bicyclic) bond motifs is 1. The number of carbonyl (C=O) groups excluding carboxylic acids is 1. The zero-order valence-corrected chi connectivity index (χ0v) is 15.6. The van der Waals surface area contributed by atoms with E-state index in [1.165, 1.54) is 0 Å². The molecule has 0 aliphatic rings. The second-order valence-electron chi connectivity index (χ2n) is 6.29. The van der Waals surface area contributed by atoms with Crippen molar-refractivity contribution in [2.75, 3.05) is 5.32 Å². The molecule has 0 saturated carbocycles. The van der Waals surface area contributed by atoms with Gasteiger partial charge in [0.25, 0.3) is 0 Å². The fourth-order valence-corrected chi connectivity index (χ4v) is 3.27. The molecule has 1 aromatic heterocycles. The molecular formula is C21H21ClN2O2. The van der Waals surface area contributed by atoms with Crippen molar-refractivity contribution in [2.24, 2.45) is 7.05 Å². The van der Waals surface area contributed by atoms with Crippen LogP contribution >= 0.6 is 11.6 Å². The normalized spacial score (nSPS) is 10.9. The molecule has 5 heteroatoms. The first-order valence-electron chi connectivity index (χ1n) is 8.70. The number of nitrogens with zero attached hydrogens (tertiary/aromatic N) is 1. The van der Waals surface area contributed by atoms with Gasteiger partial charge in [-0.05, 0) is 36.2 Å². The van der Waals surface area contributed by atoms with Gasteiger partial charge in [-0.1, -0.05) is 49.2 Å². The number of carbonyl (C=O) groups is 1. The summed E-state index contributed by atoms with van der Waals surface area (Å²) < 4.78 is 1.86. The third-order valence-electron chi connectivity index (χ3n) is 4.44. The summed E-state index contributed by atoms with van der Waals surface area (Å²) in [6.07, 6.45) is 2.16. The average molecular weight is 369 g/mol. The van der Waals surface area contributed by atoms with E-state index in [9.17, 15) is 9.59 Å². The van der Waals surface area contributed by atoms with Crippen molar-refractivity contribution >= 4 is 34.2 Å². The maximum atomic E-state index is 13.2. The highest BCUT2D eigenvalue weighted by Crippen LogP contribution is 2.29. The molecule has 0 fully saturated rings. The maximum Gasteiger partial charge on any atom is 0.225 e. The van der Waals surface area contributed by atoms with Crippen LogP contribution in [0.3, 0.4) is 0 Å². The first kappa shape index (κ1) is 18.2. The molecule has 0 aliphatic heterocycles. The molecule has 1 heterocycles. The van der Waals surface area contributed by atoms with Crippen molar-refractivity contribution in [1.82, 2.24) is 4.57 Å². The van der Waals surface area contributed by atoms with E-state index < -0.39 is 0 Å². The van der Waals surface area contributed by atoms with Crippen LogP contribution in [0.5, 0.6) is 0 Å². The highest BCUT2D eigenvalue weighted by Gasteiger charge is 2.18. The zero-order valence-electron chi connectivity index (χ0n) is 14.9. The van der Waals surface area contributed by atoms with Crippen molar-refractivity contribution in [3.8, 4) is 11.1 Å². The molecule has 0 atom stereocenters. The Labute approximate surface area is 157 Å². The molecule has 26 heavy (non-hydrogen) atoms. The van der Waals surface area contributed by atoms with Gasteiger partial charge in [-0.2, -0.15) is 0 Å². The van der Waals surface area contributed by atoms with Crippen LogP contribution in [0.15, 0.2) is 53.3 Å². The number of hydrogen-bond donors (Lipinski definition) is 1. The van der Waals surface area contributed by atoms with Crippen LogP contribution in [-0.2, 0) is 11.8 Å². The van der Waals surface area contributed by atoms with E-state index in [1.807, 2.05) is 42.8 Å². The van der Waals surface area contributed by atoms with Gasteiger partial charge < -0.3 is 9.88 Å². The van der Waals surface area contributed by atoms with Crippen molar-refractivity contribution in [3.63, 3.8) is 0 Å². The van der Waals surface area contributed by atoms with E-state index in [4.69, 9.17) is 11.6 Å². The van der Waals surface area contributed by atoms with Gasteiger partial charge in [-0.3, -0.25) is 9.59 Å². The summed E-state index contributed by atoms with van der Waals surface area (Å²) in [6, 6.07) is 14.5. The molecule has 0 bridgehead atoms. The Morgan fingerprint density at radius 1 is 1.15 bits per heavy atom. The van der Waals surface area contributed by atoms with Gasteiger partial charge in [0.1, 0.15) is 5.82 Å². The Morgan fingerprint density at radius 2 is 1.92 bits per heavy atom. The summed E-state index contributed by atoms with van der Waals surface area (Å²) in [7, 11) is 1.85. The van der Waals surface area contributed by atoms with Crippen LogP contribution in [0.1, 0.15) is 26.2 Å². The number of benzene rings is 2. The quantitative estimate of drug-likeness (QED) is 0.689. The van der Waals surface area contributed by atoms with Gasteiger partial charge in [-0.15, -0.1) is 0 Å². The fourth-order valence-electron chi connectivity index (χ4n) is 3.08. The number of nitrogens with one attached hydrogen (secondary N) is 1. The minimum Gasteiger partial charge on any atom is -0.330 e. The summed E-state index contributed by atoms with van der Waals surface area (Å²) in [4.78, 5) is 25.6. The average Bonchev–Trinajstić information content (AvgIpc) is 2.64. The number of para-hydroxylation sites is 1. The van der Waals surface area contributed by atoms with Crippen molar-refractivity contribution in [2.45, 2.75) is 26.2 Å². The number of rotatable bonds is 5. The lowest BCUT2D eigenvalue weighted by Gasteiger charge is -2.18. The Hall–Kier alpha value is -2.59. The van der Waals surface area contributed by atoms with Crippen LogP contribution in [0, 0.1) is 0 Å². The van der Waals surface area contributed by atoms with E-state index in [0.29, 0.717) is 33.8 Å². The molecule has 0 radical (unpaired) electrons. The van der Waals surface area contributed by atoms with Crippen molar-refractivity contribution in [3.05, 3.63) is 63.8 Å². The smallest absolute Gasteiger partial charge is 0.225 e. The van der Waals surface area contributed by atoms with E-state index in [1.54, 1.807) is 24.3 Å². The molecule has 0 spiro atoms. The van der Waals surface area contributed by atoms with Crippen LogP contribution in [0.2, 0.25) is 5.02 Å². The van der Waals surface area contributed by atoms with Crippen LogP contribution in [0.4, 0.5) is 5.82 Å². The fraction of sp³-hybridized carbons (Fsp3) is 0.238. The third-order valence-corrected chi connectivity index (χ3v) is 4.67. The van der Waals surface area contributed by atoms with Gasteiger partial charge in [0.05, 0.1) is 11.1 Å². The van der Waals surface area contributed by atoms with Gasteiger partial charge in [0, 0.05) is 23.9 Å². The summed E-state index contributed by atoms with van der Waals surface area (Å²) in [5.74, 6) is 0.400. The number of amides is 1. The van der Waals surface area contributed by atoms with E-state index in [2.05, 4.69) is 5.32 Å². The predicted molar refractivity (Wildman–Crippen MR) is 108 cm³/mol. The molecule has 1 amide bonds. The van der Waals surface area contributed by atoms with E-state index >= 15 is 0 Å². The van der Waals surface area contributed by atoms with Crippen LogP contribution in [-0.4, -0.2) is 10.5 Å². The molecule has 0 saturated heterocycles. The van der Waals surface area contributed by atoms with Gasteiger partial charge in [0.2, 0.25) is 5.91 Å². The maximum absolute atomic E-state index is 13.2. The Kier molecular flexibility index (Phi) is 5.43. The second-order valence-corrected chi connectivity index (χ2v) is 6.73. The predicted octanol–water partition coefficient (Wildman–Crippen LogP) is 4.99. The molecule has 2 aromatic carbocycles. The largest absolute Gasteiger partial charge is 0.330 e. The molecule has 0 aliphatic carbocycles. The van der Waals surface area contributed by atoms with Crippen molar-refractivity contribution < 1.29 is 4.79 Å². The van der Waals surface area contributed by atoms with E-state index in [0.717, 1.165) is 18.4 Å². The lowest BCUT2D eigenvalue weighted by Crippen LogP contribution is -2.21. The number of halogens is 1. The summed E-state index contributed by atoms with van der Waals surface area (Å²) in [5.41, 5.74) is 1.80. The highest BCUT2D eigenvalue weighted by atomic mass is 35.5. The minimum absolute atomic E-state index is 0.0968. The summed E-state index contributed by atoms with van der Waals surface area (Å²) in [5, 5.41) is 4.10. The molecule has 134 valence electrons. The Morgan fingerprint density at radius 3 is 2.65 bits per heavy atom. The monoisotopic (exact) mass is 368 g/mol. The lowest BCUT2D eigenvalue weighted by molar-refractivity contribution is -0.116. The molecule has 3 aromatic rings. The van der Waals surface area contributed by atoms with Gasteiger partial charge in [-0.25, -0.2) is 0 Å². The second kappa shape index (κ2) is 7.75. The van der Waals surface area contributed by atoms with Gasteiger partial charge >= 0.3 is 0 Å². The molecular weight excluding hydrogens is 348 g/mol. The number of unbranched alkanes of at least 4 members (excludes halogenated alkanes) is 1. The Balaban J connectivity index is 2.26. The highest BCUT2D eigenvalue weighted by molar-refractivity contribution is 6.30. The molecule has 0 unspecified atom stereocenters. The number of hydrogen-bond acceptors (Lipinski definition) is 2. The summed E-state index contributed by atoms with van der Waals surface area (Å²) >= 11 is 6.14. The first-order valence-corrected chi connectivity index (χ1v) is 9.08. The Bertz CT molecular complexity index is 1020. The topological polar surface area (TPSA) is 51.1 Å². The van der Waals surface area contributed by atoms with E-state index in [-0.39, 0.29) is 11.3 Å². The number of aromatic nitrogens is 1. The number of aryl methyl sites for hydroxylation is 1. The number of pyridine rings is 1. The summed E-state index contributed by atoms with van der Waals surface area (Å²) in [6.45, 7) is 2.04.